The van der Waals surface area contributed by atoms with E-state index in [-0.39, 0.29) is 23.7 Å². The van der Waals surface area contributed by atoms with E-state index in [9.17, 15) is 24.6 Å². The highest BCUT2D eigenvalue weighted by atomic mass is 16.7. The Kier molecular flexibility index (Phi) is 4.56. The summed E-state index contributed by atoms with van der Waals surface area (Å²) in [7, 11) is 0. The minimum Gasteiger partial charge on any atom is -0.455 e. The first-order valence-electron chi connectivity index (χ1n) is 10.1. The normalized spacial score (nSPS) is 45.8. The smallest absolute Gasteiger partial charge is 0.341 e. The van der Waals surface area contributed by atoms with Gasteiger partial charge in [-0.25, -0.2) is 9.59 Å². The summed E-state index contributed by atoms with van der Waals surface area (Å²) in [6.07, 6.45) is -2.87. The van der Waals surface area contributed by atoms with Gasteiger partial charge in [0.05, 0.1) is 12.0 Å². The van der Waals surface area contributed by atoms with Gasteiger partial charge in [-0.1, -0.05) is 19.2 Å². The van der Waals surface area contributed by atoms with Gasteiger partial charge in [0.2, 0.25) is 0 Å². The molecule has 0 amide bonds. The van der Waals surface area contributed by atoms with E-state index in [2.05, 4.69) is 13.2 Å². The second-order valence-electron chi connectivity index (χ2n) is 8.89. The number of rotatable bonds is 3. The molecule has 0 unspecified atom stereocenters. The predicted octanol–water partition coefficient (Wildman–Crippen LogP) is 0.487. The lowest BCUT2D eigenvalue weighted by Crippen LogP contribution is -2.61. The molecule has 4 aliphatic rings. The summed E-state index contributed by atoms with van der Waals surface area (Å²) in [6, 6.07) is 0. The third-order valence-corrected chi connectivity index (χ3v) is 7.18. The van der Waals surface area contributed by atoms with Crippen LogP contribution < -0.4 is 0 Å². The van der Waals surface area contributed by atoms with Crippen molar-refractivity contribution in [1.29, 1.82) is 0 Å². The molecule has 1 saturated carbocycles. The van der Waals surface area contributed by atoms with Crippen LogP contribution in [0.25, 0.3) is 0 Å². The topological polar surface area (TPSA) is 132 Å². The highest BCUT2D eigenvalue weighted by molar-refractivity contribution is 5.92. The maximum Gasteiger partial charge on any atom is 0.341 e. The second kappa shape index (κ2) is 6.51. The van der Waals surface area contributed by atoms with Gasteiger partial charge in [-0.3, -0.25) is 4.79 Å². The monoisotopic (exact) mass is 434 g/mol. The Balaban J connectivity index is 1.87. The lowest BCUT2D eigenvalue weighted by atomic mass is 9.72. The van der Waals surface area contributed by atoms with Crippen molar-refractivity contribution < 1.29 is 43.5 Å². The fourth-order valence-electron chi connectivity index (χ4n) is 4.93. The van der Waals surface area contributed by atoms with Crippen LogP contribution in [0.3, 0.4) is 0 Å². The Morgan fingerprint density at radius 1 is 1.26 bits per heavy atom. The van der Waals surface area contributed by atoms with E-state index in [0.717, 1.165) is 6.92 Å². The van der Waals surface area contributed by atoms with Crippen molar-refractivity contribution in [3.05, 3.63) is 36.0 Å². The van der Waals surface area contributed by atoms with Gasteiger partial charge in [-0.2, -0.15) is 0 Å². The summed E-state index contributed by atoms with van der Waals surface area (Å²) in [5.74, 6) is -3.36. The molecule has 0 aromatic heterocycles. The molecule has 9 heteroatoms. The Morgan fingerprint density at radius 3 is 2.42 bits per heavy atom. The van der Waals surface area contributed by atoms with Gasteiger partial charge in [0, 0.05) is 24.5 Å². The lowest BCUT2D eigenvalue weighted by molar-refractivity contribution is -0.180. The van der Waals surface area contributed by atoms with Gasteiger partial charge < -0.3 is 29.2 Å². The van der Waals surface area contributed by atoms with E-state index in [1.54, 1.807) is 26.8 Å². The van der Waals surface area contributed by atoms with Crippen molar-refractivity contribution >= 4 is 17.9 Å². The van der Waals surface area contributed by atoms with Crippen LogP contribution in [-0.2, 0) is 33.3 Å². The summed E-state index contributed by atoms with van der Waals surface area (Å²) in [4.78, 5) is 37.3. The summed E-state index contributed by atoms with van der Waals surface area (Å²) >= 11 is 0. The van der Waals surface area contributed by atoms with Crippen LogP contribution >= 0.6 is 0 Å². The number of esters is 3. The van der Waals surface area contributed by atoms with Gasteiger partial charge >= 0.3 is 17.9 Å². The molecule has 8 atom stereocenters. The average Bonchev–Trinajstić information content (AvgIpc) is 3.12. The number of hydrogen-bond acceptors (Lipinski definition) is 9. The van der Waals surface area contributed by atoms with Crippen LogP contribution in [0, 0.1) is 5.92 Å². The summed E-state index contributed by atoms with van der Waals surface area (Å²) < 4.78 is 22.0. The molecular weight excluding hydrogens is 408 g/mol. The predicted molar refractivity (Wildman–Crippen MR) is 104 cm³/mol. The number of carbonyl (C=O) groups is 3. The fraction of sp³-hybridized carbons (Fsp3) is 0.591. The molecular formula is C22H26O9. The van der Waals surface area contributed by atoms with Gasteiger partial charge in [-0.15, -0.1) is 0 Å². The number of aliphatic hydroxyl groups is 2. The fourth-order valence-corrected chi connectivity index (χ4v) is 4.93. The molecule has 2 aliphatic heterocycles. The van der Waals surface area contributed by atoms with E-state index < -0.39 is 58.9 Å². The Bertz CT molecular complexity index is 951. The highest BCUT2D eigenvalue weighted by Crippen LogP contribution is 2.56. The first-order valence-corrected chi connectivity index (χ1v) is 10.1. The van der Waals surface area contributed by atoms with Crippen molar-refractivity contribution in [2.45, 2.75) is 75.3 Å². The molecule has 2 aliphatic carbocycles. The summed E-state index contributed by atoms with van der Waals surface area (Å²) in [5.41, 5.74) is -5.08. The minimum absolute atomic E-state index is 0.0578. The van der Waals surface area contributed by atoms with Crippen LogP contribution in [0.4, 0.5) is 0 Å². The van der Waals surface area contributed by atoms with Crippen LogP contribution in [0.15, 0.2) is 36.0 Å². The quantitative estimate of drug-likeness (QED) is 0.214. The maximum atomic E-state index is 12.9. The van der Waals surface area contributed by atoms with Gasteiger partial charge in [0.15, 0.2) is 23.4 Å². The average molecular weight is 434 g/mol. The molecule has 0 radical (unpaired) electrons. The first-order chi connectivity index (χ1) is 14.3. The van der Waals surface area contributed by atoms with Crippen molar-refractivity contribution in [2.75, 3.05) is 0 Å². The van der Waals surface area contributed by atoms with Crippen LogP contribution in [0.1, 0.15) is 34.1 Å². The molecule has 0 aromatic rings. The number of ether oxygens (including phenoxy) is 4. The van der Waals surface area contributed by atoms with Crippen LogP contribution in [0.5, 0.6) is 0 Å². The van der Waals surface area contributed by atoms with Gasteiger partial charge in [0.25, 0.3) is 0 Å². The molecule has 168 valence electrons. The third-order valence-electron chi connectivity index (χ3n) is 7.18. The number of fused-ring (bicyclic) bond motifs is 3. The van der Waals surface area contributed by atoms with Gasteiger partial charge in [0.1, 0.15) is 11.7 Å². The number of hydrogen-bond donors (Lipinski definition) is 2. The second-order valence-corrected chi connectivity index (χ2v) is 8.89. The molecule has 9 nitrogen and oxygen atoms in total. The van der Waals surface area contributed by atoms with E-state index in [1.165, 1.54) is 0 Å². The zero-order chi connectivity index (χ0) is 23.1. The van der Waals surface area contributed by atoms with Crippen molar-refractivity contribution in [1.82, 2.24) is 0 Å². The minimum atomic E-state index is -2.07. The van der Waals surface area contributed by atoms with E-state index >= 15 is 0 Å². The summed E-state index contributed by atoms with van der Waals surface area (Å²) in [5, 5.41) is 23.3. The molecule has 2 heterocycles. The molecule has 3 fully saturated rings. The molecule has 2 N–H and O–H groups in total. The number of epoxide rings is 1. The zero-order valence-corrected chi connectivity index (χ0v) is 17.8. The molecule has 0 aromatic carbocycles. The Labute approximate surface area is 179 Å². The van der Waals surface area contributed by atoms with E-state index in [1.807, 2.05) is 0 Å². The standard InChI is InChI=1S/C22H26O9/c1-9-7-8-21(26)11(3)15(28-13(5)23)16(29-19(25)20(6)12(4)31-20)14-10(2)18(24)30-17(14)22(9,21)27/h7,12,14-17,26-27H,2-3,8H2,1,4-6H3/t12-,14-,15-,16-,17+,20+,21-,22+/m1/s1. The van der Waals surface area contributed by atoms with Crippen LogP contribution in [-0.4, -0.2) is 69.3 Å². The largest absolute Gasteiger partial charge is 0.455 e. The molecule has 0 bridgehead atoms. The SMILES string of the molecule is C=C1C(=O)O[C@H]2[C@H]1[C@@H](OC(=O)[C@@]1(C)O[C@@H]1C)[C@H](OC(C)=O)C(=C)[C@]1(O)CC=C(C)[C@]21O. The summed E-state index contributed by atoms with van der Waals surface area (Å²) in [6.45, 7) is 13.7. The maximum absolute atomic E-state index is 12.9. The molecule has 4 rings (SSSR count). The van der Waals surface area contributed by atoms with Gasteiger partial charge in [-0.05, 0) is 26.3 Å². The van der Waals surface area contributed by atoms with E-state index in [0.29, 0.717) is 5.57 Å². The first kappa shape index (κ1) is 21.7. The zero-order valence-electron chi connectivity index (χ0n) is 17.8. The Hall–Kier alpha value is -2.49. The van der Waals surface area contributed by atoms with Crippen molar-refractivity contribution in [3.8, 4) is 0 Å². The third kappa shape index (κ3) is 2.69. The van der Waals surface area contributed by atoms with Crippen molar-refractivity contribution in [2.24, 2.45) is 5.92 Å². The molecule has 31 heavy (non-hydrogen) atoms. The van der Waals surface area contributed by atoms with Crippen LogP contribution in [0.2, 0.25) is 0 Å². The lowest BCUT2D eigenvalue weighted by Gasteiger charge is -2.43. The Morgan fingerprint density at radius 2 is 1.87 bits per heavy atom. The van der Waals surface area contributed by atoms with Crippen molar-refractivity contribution in [3.63, 3.8) is 0 Å². The highest BCUT2D eigenvalue weighted by Gasteiger charge is 2.71. The van der Waals surface area contributed by atoms with E-state index in [4.69, 9.17) is 18.9 Å². The molecule has 0 spiro atoms. The number of carbonyl (C=O) groups excluding carboxylic acids is 3. The molecule has 2 saturated heterocycles.